The summed E-state index contributed by atoms with van der Waals surface area (Å²) in [6, 6.07) is 30.6. The first-order valence-corrected chi connectivity index (χ1v) is 12.4. The van der Waals surface area contributed by atoms with Crippen LogP contribution in [0.5, 0.6) is 0 Å². The maximum atomic E-state index is 11.8. The van der Waals surface area contributed by atoms with Gasteiger partial charge in [-0.3, -0.25) is 14.6 Å². The Hall–Kier alpha value is -2.95. The van der Waals surface area contributed by atoms with Gasteiger partial charge < -0.3 is 5.73 Å². The monoisotopic (exact) mass is 453 g/mol. The maximum absolute atomic E-state index is 11.8. The van der Waals surface area contributed by atoms with E-state index in [2.05, 4.69) is 90.4 Å². The smallest absolute Gasteiger partial charge is 0.248 e. The van der Waals surface area contributed by atoms with Gasteiger partial charge in [0.25, 0.3) is 0 Å². The first-order valence-electron chi connectivity index (χ1n) is 12.4. The molecule has 0 aromatic heterocycles. The van der Waals surface area contributed by atoms with Gasteiger partial charge in [-0.15, -0.1) is 0 Å². The van der Waals surface area contributed by atoms with Gasteiger partial charge in [-0.1, -0.05) is 86.6 Å². The summed E-state index contributed by atoms with van der Waals surface area (Å²) in [5.41, 5.74) is 10.2. The fourth-order valence-electron chi connectivity index (χ4n) is 6.08. The lowest BCUT2D eigenvalue weighted by atomic mass is 9.65. The average Bonchev–Trinajstić information content (AvgIpc) is 2.86. The second-order valence-electron chi connectivity index (χ2n) is 10.4. The van der Waals surface area contributed by atoms with Gasteiger partial charge in [0, 0.05) is 43.8 Å². The molecule has 3 aromatic carbocycles. The van der Waals surface area contributed by atoms with Gasteiger partial charge in [-0.2, -0.15) is 0 Å². The van der Waals surface area contributed by atoms with E-state index in [9.17, 15) is 4.79 Å². The highest BCUT2D eigenvalue weighted by atomic mass is 16.1. The van der Waals surface area contributed by atoms with Crippen molar-refractivity contribution in [2.24, 2.45) is 11.7 Å². The number of piperidine rings is 1. The van der Waals surface area contributed by atoms with Gasteiger partial charge in [-0.05, 0) is 46.6 Å². The number of primary amides is 1. The lowest BCUT2D eigenvalue weighted by Crippen LogP contribution is -2.61. The summed E-state index contributed by atoms with van der Waals surface area (Å²) in [5.74, 6) is 0.122. The Kier molecular flexibility index (Phi) is 6.28. The van der Waals surface area contributed by atoms with Gasteiger partial charge in [0.2, 0.25) is 5.91 Å². The highest BCUT2D eigenvalue weighted by Gasteiger charge is 2.46. The van der Waals surface area contributed by atoms with E-state index in [1.165, 1.54) is 16.7 Å². The molecule has 2 heterocycles. The minimum atomic E-state index is -0.354. The first-order chi connectivity index (χ1) is 16.4. The maximum Gasteiger partial charge on any atom is 0.248 e. The molecule has 2 fully saturated rings. The van der Waals surface area contributed by atoms with Gasteiger partial charge in [-0.25, -0.2) is 0 Å². The van der Waals surface area contributed by atoms with Crippen LogP contribution in [0.25, 0.3) is 0 Å². The molecule has 3 aromatic rings. The number of nitrogens with zero attached hydrogens (tertiary/aromatic N) is 2. The Balaban J connectivity index is 1.44. The second kappa shape index (κ2) is 9.36. The van der Waals surface area contributed by atoms with E-state index in [4.69, 9.17) is 5.73 Å². The summed E-state index contributed by atoms with van der Waals surface area (Å²) >= 11 is 0. The SMILES string of the molecule is C[C@H]1CN2C[C@H](c3ccccc3)N(Cc3ccccc3)C[C@H]2CC1(C)c1cccc(C(N)=O)c1. The van der Waals surface area contributed by atoms with Crippen LogP contribution in [-0.4, -0.2) is 41.4 Å². The number of rotatable bonds is 5. The summed E-state index contributed by atoms with van der Waals surface area (Å²) in [7, 11) is 0. The standard InChI is InChI=1S/C30H35N3O/c1-22-18-32-21-28(24-12-7-4-8-13-24)33(19-23-10-5-3-6-11-23)20-27(32)17-30(22,2)26-15-9-14-25(16-26)29(31)34/h3-16,22,27-28H,17-21H2,1-2H3,(H2,31,34)/t22-,27+,28+,30?/m0/s1. The molecule has 0 spiro atoms. The predicted molar refractivity (Wildman–Crippen MR) is 137 cm³/mol. The van der Waals surface area contributed by atoms with Crippen LogP contribution in [0.4, 0.5) is 0 Å². The van der Waals surface area contributed by atoms with Crippen LogP contribution in [0.15, 0.2) is 84.9 Å². The summed E-state index contributed by atoms with van der Waals surface area (Å²) < 4.78 is 0. The number of carbonyl (C=O) groups excluding carboxylic acids is 1. The topological polar surface area (TPSA) is 49.6 Å². The minimum absolute atomic E-state index is 0.00459. The van der Waals surface area contributed by atoms with Crippen molar-refractivity contribution in [3.05, 3.63) is 107 Å². The molecule has 0 radical (unpaired) electrons. The lowest BCUT2D eigenvalue weighted by molar-refractivity contribution is -0.0351. The highest BCUT2D eigenvalue weighted by Crippen LogP contribution is 2.45. The third kappa shape index (κ3) is 4.40. The minimum Gasteiger partial charge on any atom is -0.366 e. The van der Waals surface area contributed by atoms with Crippen molar-refractivity contribution in [1.82, 2.24) is 9.80 Å². The van der Waals surface area contributed by atoms with E-state index < -0.39 is 0 Å². The average molecular weight is 454 g/mol. The molecule has 1 unspecified atom stereocenters. The van der Waals surface area contributed by atoms with E-state index in [0.717, 1.165) is 32.6 Å². The number of nitrogens with two attached hydrogens (primary N) is 1. The van der Waals surface area contributed by atoms with Crippen LogP contribution >= 0.6 is 0 Å². The van der Waals surface area contributed by atoms with Crippen molar-refractivity contribution >= 4 is 5.91 Å². The Morgan fingerprint density at radius 1 is 0.941 bits per heavy atom. The normalized spacial score (nSPS) is 27.8. The number of hydrogen-bond acceptors (Lipinski definition) is 3. The second-order valence-corrected chi connectivity index (χ2v) is 10.4. The number of amides is 1. The van der Waals surface area contributed by atoms with Crippen LogP contribution in [0.3, 0.4) is 0 Å². The lowest BCUT2D eigenvalue weighted by Gasteiger charge is -2.55. The quantitative estimate of drug-likeness (QED) is 0.591. The first kappa shape index (κ1) is 22.8. The molecule has 176 valence electrons. The van der Waals surface area contributed by atoms with Crippen LogP contribution in [0.2, 0.25) is 0 Å². The molecule has 4 atom stereocenters. The molecular formula is C30H35N3O. The van der Waals surface area contributed by atoms with Crippen LogP contribution in [-0.2, 0) is 12.0 Å². The van der Waals surface area contributed by atoms with Gasteiger partial charge >= 0.3 is 0 Å². The predicted octanol–water partition coefficient (Wildman–Crippen LogP) is 5.01. The molecule has 2 aliphatic heterocycles. The fourth-order valence-corrected chi connectivity index (χ4v) is 6.08. The molecule has 1 amide bonds. The fraction of sp³-hybridized carbons (Fsp3) is 0.367. The van der Waals surface area contributed by atoms with Crippen molar-refractivity contribution in [3.63, 3.8) is 0 Å². The third-order valence-corrected chi connectivity index (χ3v) is 8.28. The van der Waals surface area contributed by atoms with E-state index in [1.807, 2.05) is 18.2 Å². The molecule has 2 aliphatic rings. The summed E-state index contributed by atoms with van der Waals surface area (Å²) in [4.78, 5) is 17.2. The molecule has 2 N–H and O–H groups in total. The summed E-state index contributed by atoms with van der Waals surface area (Å²) in [6.07, 6.45) is 1.07. The van der Waals surface area contributed by atoms with Crippen LogP contribution < -0.4 is 5.73 Å². The Morgan fingerprint density at radius 2 is 1.65 bits per heavy atom. The number of benzene rings is 3. The molecule has 2 saturated heterocycles. The Labute approximate surface area is 203 Å². The summed E-state index contributed by atoms with van der Waals surface area (Å²) in [5, 5.41) is 0. The van der Waals surface area contributed by atoms with Crippen molar-refractivity contribution < 1.29 is 4.79 Å². The third-order valence-electron chi connectivity index (χ3n) is 8.28. The number of fused-ring (bicyclic) bond motifs is 1. The molecule has 4 nitrogen and oxygen atoms in total. The Bertz CT molecular complexity index is 1130. The number of hydrogen-bond donors (Lipinski definition) is 1. The molecule has 5 rings (SSSR count). The van der Waals surface area contributed by atoms with E-state index in [0.29, 0.717) is 23.6 Å². The number of carbonyl (C=O) groups is 1. The van der Waals surface area contributed by atoms with Crippen LogP contribution in [0, 0.1) is 5.92 Å². The zero-order valence-corrected chi connectivity index (χ0v) is 20.2. The molecule has 0 bridgehead atoms. The number of piperazine rings is 1. The van der Waals surface area contributed by atoms with Crippen LogP contribution in [0.1, 0.15) is 53.4 Å². The molecule has 34 heavy (non-hydrogen) atoms. The van der Waals surface area contributed by atoms with E-state index >= 15 is 0 Å². The highest BCUT2D eigenvalue weighted by molar-refractivity contribution is 5.92. The van der Waals surface area contributed by atoms with Crippen molar-refractivity contribution in [2.45, 2.75) is 44.3 Å². The zero-order chi connectivity index (χ0) is 23.7. The molecular weight excluding hydrogens is 418 g/mol. The zero-order valence-electron chi connectivity index (χ0n) is 20.2. The largest absolute Gasteiger partial charge is 0.366 e. The van der Waals surface area contributed by atoms with Crippen molar-refractivity contribution in [2.75, 3.05) is 19.6 Å². The van der Waals surface area contributed by atoms with Crippen molar-refractivity contribution in [1.29, 1.82) is 0 Å². The van der Waals surface area contributed by atoms with Gasteiger partial charge in [0.05, 0.1) is 0 Å². The van der Waals surface area contributed by atoms with Crippen molar-refractivity contribution in [3.8, 4) is 0 Å². The van der Waals surface area contributed by atoms with E-state index in [1.54, 1.807) is 0 Å². The van der Waals surface area contributed by atoms with E-state index in [-0.39, 0.29) is 11.3 Å². The molecule has 0 aliphatic carbocycles. The molecule has 4 heteroatoms. The summed E-state index contributed by atoms with van der Waals surface area (Å²) in [6.45, 7) is 8.83. The Morgan fingerprint density at radius 3 is 2.35 bits per heavy atom. The van der Waals surface area contributed by atoms with Gasteiger partial charge in [0.15, 0.2) is 0 Å². The molecule has 0 saturated carbocycles. The van der Waals surface area contributed by atoms with Gasteiger partial charge in [0.1, 0.15) is 0 Å².